The minimum Gasteiger partial charge on any atom is -0.313 e. The maximum atomic E-state index is 12.9. The van der Waals surface area contributed by atoms with Gasteiger partial charge in [0.1, 0.15) is 0 Å². The van der Waals surface area contributed by atoms with Crippen LogP contribution in [-0.4, -0.2) is 27.8 Å². The molecule has 1 N–H and O–H groups in total. The molecule has 0 aromatic rings. The van der Waals surface area contributed by atoms with Gasteiger partial charge in [0.25, 0.3) is 0 Å². The molecule has 0 amide bonds. The molecule has 2 nitrogen and oxygen atoms in total. The van der Waals surface area contributed by atoms with E-state index in [0.29, 0.717) is 11.3 Å². The van der Waals surface area contributed by atoms with Gasteiger partial charge in [-0.1, -0.05) is 45.4 Å². The fraction of sp³-hybridized carbons (Fsp3) is 1.00. The second kappa shape index (κ2) is 9.19. The van der Waals surface area contributed by atoms with Crippen LogP contribution < -0.4 is 5.32 Å². The molecule has 0 spiro atoms. The molecule has 0 bridgehead atoms. The standard InChI is InChI=1S/C17H33NOS/c1-2-13-18-16-11-5-3-4-6-12-17(16)20(19)14-15-9-7-8-10-15/h15-18H,2-14H2,1H3. The van der Waals surface area contributed by atoms with E-state index in [2.05, 4.69) is 12.2 Å². The van der Waals surface area contributed by atoms with Gasteiger partial charge in [-0.2, -0.15) is 0 Å². The molecule has 3 unspecified atom stereocenters. The molecule has 2 fully saturated rings. The lowest BCUT2D eigenvalue weighted by Crippen LogP contribution is -2.44. The smallest absolute Gasteiger partial charge is 0.0501 e. The van der Waals surface area contributed by atoms with Gasteiger partial charge in [-0.3, -0.25) is 4.21 Å². The average molecular weight is 300 g/mol. The van der Waals surface area contributed by atoms with Gasteiger partial charge < -0.3 is 5.32 Å². The molecule has 2 aliphatic carbocycles. The van der Waals surface area contributed by atoms with Crippen molar-refractivity contribution < 1.29 is 4.21 Å². The average Bonchev–Trinajstić information content (AvgIpc) is 2.90. The fourth-order valence-electron chi connectivity index (χ4n) is 3.86. The third-order valence-electron chi connectivity index (χ3n) is 5.07. The summed E-state index contributed by atoms with van der Waals surface area (Å²) >= 11 is 0. The second-order valence-corrected chi connectivity index (χ2v) is 8.49. The van der Waals surface area contributed by atoms with E-state index in [0.717, 1.165) is 18.2 Å². The molecule has 2 rings (SSSR count). The lowest BCUT2D eigenvalue weighted by molar-refractivity contribution is 0.394. The Labute approximate surface area is 127 Å². The highest BCUT2D eigenvalue weighted by atomic mass is 32.2. The minimum atomic E-state index is -0.611. The van der Waals surface area contributed by atoms with E-state index < -0.39 is 10.8 Å². The van der Waals surface area contributed by atoms with Crippen molar-refractivity contribution in [2.75, 3.05) is 12.3 Å². The van der Waals surface area contributed by atoms with E-state index in [4.69, 9.17) is 0 Å². The van der Waals surface area contributed by atoms with Crippen LogP contribution >= 0.6 is 0 Å². The third-order valence-corrected chi connectivity index (χ3v) is 7.11. The van der Waals surface area contributed by atoms with Crippen molar-refractivity contribution in [2.45, 2.75) is 88.8 Å². The van der Waals surface area contributed by atoms with Gasteiger partial charge in [0.15, 0.2) is 0 Å². The van der Waals surface area contributed by atoms with E-state index in [1.54, 1.807) is 0 Å². The van der Waals surface area contributed by atoms with Gasteiger partial charge in [-0.25, -0.2) is 0 Å². The Morgan fingerprint density at radius 2 is 1.60 bits per heavy atom. The zero-order chi connectivity index (χ0) is 14.2. The first-order valence-electron chi connectivity index (χ1n) is 8.91. The van der Waals surface area contributed by atoms with E-state index in [9.17, 15) is 4.21 Å². The number of hydrogen-bond acceptors (Lipinski definition) is 2. The van der Waals surface area contributed by atoms with E-state index in [-0.39, 0.29) is 0 Å². The van der Waals surface area contributed by atoms with Gasteiger partial charge >= 0.3 is 0 Å². The summed E-state index contributed by atoms with van der Waals surface area (Å²) in [6, 6.07) is 0.512. The molecular weight excluding hydrogens is 266 g/mol. The lowest BCUT2D eigenvalue weighted by Gasteiger charge is -2.30. The summed E-state index contributed by atoms with van der Waals surface area (Å²) in [5.74, 6) is 1.74. The van der Waals surface area contributed by atoms with Crippen LogP contribution in [0.2, 0.25) is 0 Å². The van der Waals surface area contributed by atoms with Crippen molar-refractivity contribution >= 4 is 10.8 Å². The Kier molecular flexibility index (Phi) is 7.58. The number of hydrogen-bond donors (Lipinski definition) is 1. The Morgan fingerprint density at radius 1 is 0.950 bits per heavy atom. The summed E-state index contributed by atoms with van der Waals surface area (Å²) in [6.45, 7) is 3.31. The van der Waals surface area contributed by atoms with Gasteiger partial charge in [0, 0.05) is 22.6 Å². The van der Waals surface area contributed by atoms with Crippen LogP contribution in [0.4, 0.5) is 0 Å². The SMILES string of the molecule is CCCNC1CCCCCCC1S(=O)CC1CCCC1. The summed E-state index contributed by atoms with van der Waals surface area (Å²) in [4.78, 5) is 0. The Balaban J connectivity index is 1.91. The Bertz CT molecular complexity index is 287. The Morgan fingerprint density at radius 3 is 2.30 bits per heavy atom. The van der Waals surface area contributed by atoms with E-state index in [1.165, 1.54) is 70.6 Å². The quantitative estimate of drug-likeness (QED) is 0.802. The number of rotatable bonds is 6. The topological polar surface area (TPSA) is 29.1 Å². The molecule has 3 atom stereocenters. The van der Waals surface area contributed by atoms with Crippen molar-refractivity contribution in [2.24, 2.45) is 5.92 Å². The molecule has 2 saturated carbocycles. The van der Waals surface area contributed by atoms with Crippen LogP contribution in [0.5, 0.6) is 0 Å². The highest BCUT2D eigenvalue weighted by Crippen LogP contribution is 2.28. The molecule has 2 aliphatic rings. The maximum absolute atomic E-state index is 12.9. The molecular formula is C17H33NOS. The third kappa shape index (κ3) is 5.14. The van der Waals surface area contributed by atoms with Gasteiger partial charge in [-0.05, 0) is 44.6 Å². The van der Waals surface area contributed by atoms with Crippen molar-refractivity contribution in [1.82, 2.24) is 5.32 Å². The van der Waals surface area contributed by atoms with Gasteiger partial charge in [-0.15, -0.1) is 0 Å². The summed E-state index contributed by atoms with van der Waals surface area (Å²) in [5.41, 5.74) is 0. The fourth-order valence-corrected chi connectivity index (χ4v) is 5.93. The molecule has 0 aliphatic heterocycles. The first kappa shape index (κ1) is 16.5. The largest absolute Gasteiger partial charge is 0.313 e. The summed E-state index contributed by atoms with van der Waals surface area (Å²) in [7, 11) is -0.611. The molecule has 0 aromatic heterocycles. The summed E-state index contributed by atoms with van der Waals surface area (Å²) in [6.07, 6.45) is 14.3. The van der Waals surface area contributed by atoms with Gasteiger partial charge in [0.05, 0.1) is 5.25 Å². The second-order valence-electron chi connectivity index (χ2n) is 6.79. The van der Waals surface area contributed by atoms with Crippen LogP contribution in [-0.2, 0) is 10.8 Å². The zero-order valence-electron chi connectivity index (χ0n) is 13.2. The first-order valence-corrected chi connectivity index (χ1v) is 10.3. The van der Waals surface area contributed by atoms with Crippen LogP contribution in [0, 0.1) is 5.92 Å². The number of nitrogens with one attached hydrogen (secondary N) is 1. The first-order chi connectivity index (χ1) is 9.81. The predicted octanol–water partition coefficient (Wildman–Crippen LogP) is 4.02. The molecule has 0 heterocycles. The lowest BCUT2D eigenvalue weighted by atomic mass is 9.96. The maximum Gasteiger partial charge on any atom is 0.0501 e. The van der Waals surface area contributed by atoms with E-state index in [1.807, 2.05) is 0 Å². The molecule has 3 heteroatoms. The molecule has 0 aromatic carbocycles. The monoisotopic (exact) mass is 299 g/mol. The highest BCUT2D eigenvalue weighted by Gasteiger charge is 2.29. The normalized spacial score (nSPS) is 30.9. The van der Waals surface area contributed by atoms with Crippen LogP contribution in [0.25, 0.3) is 0 Å². The Hall–Kier alpha value is 0.110. The summed E-state index contributed by atoms with van der Waals surface area (Å²) < 4.78 is 12.9. The highest BCUT2D eigenvalue weighted by molar-refractivity contribution is 7.85. The summed E-state index contributed by atoms with van der Waals surface area (Å²) in [5, 5.41) is 4.12. The van der Waals surface area contributed by atoms with Crippen molar-refractivity contribution in [3.63, 3.8) is 0 Å². The van der Waals surface area contributed by atoms with E-state index >= 15 is 0 Å². The van der Waals surface area contributed by atoms with Crippen LogP contribution in [0.1, 0.15) is 77.6 Å². The molecule has 20 heavy (non-hydrogen) atoms. The van der Waals surface area contributed by atoms with Crippen molar-refractivity contribution in [1.29, 1.82) is 0 Å². The zero-order valence-corrected chi connectivity index (χ0v) is 14.1. The van der Waals surface area contributed by atoms with Crippen molar-refractivity contribution in [3.05, 3.63) is 0 Å². The van der Waals surface area contributed by atoms with Gasteiger partial charge in [0.2, 0.25) is 0 Å². The minimum absolute atomic E-state index is 0.419. The van der Waals surface area contributed by atoms with Crippen LogP contribution in [0.15, 0.2) is 0 Å². The van der Waals surface area contributed by atoms with Crippen LogP contribution in [0.3, 0.4) is 0 Å². The van der Waals surface area contributed by atoms with Crippen molar-refractivity contribution in [3.8, 4) is 0 Å². The predicted molar refractivity (Wildman–Crippen MR) is 88.5 cm³/mol. The molecule has 0 radical (unpaired) electrons. The molecule has 118 valence electrons. The molecule has 0 saturated heterocycles.